The molecule has 12 heavy (non-hydrogen) atoms. The van der Waals surface area contributed by atoms with Gasteiger partial charge in [0.2, 0.25) is 0 Å². The molecule has 70 valence electrons. The Morgan fingerprint density at radius 1 is 1.58 bits per heavy atom. The van der Waals surface area contributed by atoms with Gasteiger partial charge in [0.25, 0.3) is 0 Å². The van der Waals surface area contributed by atoms with Crippen molar-refractivity contribution in [1.29, 1.82) is 0 Å². The molecule has 0 heterocycles. The molecule has 0 radical (unpaired) electrons. The average molecular weight is 168 g/mol. The smallest absolute Gasteiger partial charge is 0.0656 e. The lowest BCUT2D eigenvalue weighted by Crippen LogP contribution is -2.23. The van der Waals surface area contributed by atoms with Crippen LogP contribution < -0.4 is 0 Å². The molecule has 1 N–H and O–H groups in total. The van der Waals surface area contributed by atoms with Gasteiger partial charge in [0.15, 0.2) is 0 Å². The van der Waals surface area contributed by atoms with Crippen LogP contribution in [-0.4, -0.2) is 10.7 Å². The summed E-state index contributed by atoms with van der Waals surface area (Å²) in [5.74, 6) is 0. The summed E-state index contributed by atoms with van der Waals surface area (Å²) in [6.07, 6.45) is 8.89. The first-order valence-corrected chi connectivity index (χ1v) is 5.04. The number of rotatable bonds is 4. The van der Waals surface area contributed by atoms with Crippen LogP contribution in [0.3, 0.4) is 0 Å². The van der Waals surface area contributed by atoms with E-state index in [2.05, 4.69) is 13.0 Å². The molecule has 1 unspecified atom stereocenters. The number of aliphatic hydroxyl groups is 1. The molecule has 1 rings (SSSR count). The second kappa shape index (κ2) is 4.08. The van der Waals surface area contributed by atoms with Gasteiger partial charge >= 0.3 is 0 Å². The monoisotopic (exact) mass is 168 g/mol. The van der Waals surface area contributed by atoms with E-state index in [1.54, 1.807) is 0 Å². The zero-order valence-corrected chi connectivity index (χ0v) is 8.27. The van der Waals surface area contributed by atoms with Crippen LogP contribution >= 0.6 is 0 Å². The van der Waals surface area contributed by atoms with E-state index >= 15 is 0 Å². The molecular weight excluding hydrogens is 148 g/mol. The van der Waals surface area contributed by atoms with E-state index in [-0.39, 0.29) is 0 Å². The van der Waals surface area contributed by atoms with Crippen molar-refractivity contribution in [2.75, 3.05) is 0 Å². The van der Waals surface area contributed by atoms with E-state index in [1.165, 1.54) is 24.8 Å². The van der Waals surface area contributed by atoms with Crippen LogP contribution in [0.1, 0.15) is 52.4 Å². The summed E-state index contributed by atoms with van der Waals surface area (Å²) >= 11 is 0. The minimum atomic E-state index is -0.453. The molecule has 1 nitrogen and oxygen atoms in total. The molecule has 1 aliphatic rings. The number of hydrogen-bond acceptors (Lipinski definition) is 1. The van der Waals surface area contributed by atoms with Crippen molar-refractivity contribution in [3.63, 3.8) is 0 Å². The van der Waals surface area contributed by atoms with Crippen LogP contribution in [0.15, 0.2) is 11.6 Å². The van der Waals surface area contributed by atoms with Crippen LogP contribution in [0.25, 0.3) is 0 Å². The SMILES string of the molecule is CCCC(C)(O)CC1=CCCC1. The summed E-state index contributed by atoms with van der Waals surface area (Å²) in [5, 5.41) is 9.93. The summed E-state index contributed by atoms with van der Waals surface area (Å²) in [6.45, 7) is 4.08. The second-order valence-corrected chi connectivity index (χ2v) is 4.18. The third-order valence-corrected chi connectivity index (χ3v) is 2.53. The normalized spacial score (nSPS) is 22.1. The van der Waals surface area contributed by atoms with Gasteiger partial charge < -0.3 is 5.11 Å². The fourth-order valence-corrected chi connectivity index (χ4v) is 2.01. The van der Waals surface area contributed by atoms with Crippen LogP contribution in [0, 0.1) is 0 Å². The summed E-state index contributed by atoms with van der Waals surface area (Å²) in [4.78, 5) is 0. The predicted octanol–water partition coefficient (Wildman–Crippen LogP) is 3.04. The highest BCUT2D eigenvalue weighted by Gasteiger charge is 2.21. The van der Waals surface area contributed by atoms with E-state index in [4.69, 9.17) is 0 Å². The molecule has 0 spiro atoms. The Morgan fingerprint density at radius 2 is 2.33 bits per heavy atom. The Kier molecular flexibility index (Phi) is 3.33. The van der Waals surface area contributed by atoms with Crippen molar-refractivity contribution in [2.45, 2.75) is 58.0 Å². The van der Waals surface area contributed by atoms with Crippen molar-refractivity contribution in [2.24, 2.45) is 0 Å². The summed E-state index contributed by atoms with van der Waals surface area (Å²) in [7, 11) is 0. The van der Waals surface area contributed by atoms with Crippen molar-refractivity contribution in [1.82, 2.24) is 0 Å². The van der Waals surface area contributed by atoms with E-state index < -0.39 is 5.60 Å². The molecule has 1 aliphatic carbocycles. The van der Waals surface area contributed by atoms with Gasteiger partial charge in [-0.1, -0.05) is 25.0 Å². The van der Waals surface area contributed by atoms with Crippen LogP contribution in [0.5, 0.6) is 0 Å². The van der Waals surface area contributed by atoms with E-state index in [1.807, 2.05) is 6.92 Å². The topological polar surface area (TPSA) is 20.2 Å². The quantitative estimate of drug-likeness (QED) is 0.640. The lowest BCUT2D eigenvalue weighted by atomic mass is 9.92. The fourth-order valence-electron chi connectivity index (χ4n) is 2.01. The Hall–Kier alpha value is -0.300. The maximum atomic E-state index is 9.93. The Morgan fingerprint density at radius 3 is 2.83 bits per heavy atom. The summed E-state index contributed by atoms with van der Waals surface area (Å²) in [5.41, 5.74) is 1.01. The molecule has 0 aromatic heterocycles. The summed E-state index contributed by atoms with van der Waals surface area (Å²) < 4.78 is 0. The van der Waals surface area contributed by atoms with Crippen LogP contribution in [0.4, 0.5) is 0 Å². The average Bonchev–Trinajstić information content (AvgIpc) is 2.38. The predicted molar refractivity (Wildman–Crippen MR) is 52.1 cm³/mol. The van der Waals surface area contributed by atoms with Gasteiger partial charge in [-0.15, -0.1) is 0 Å². The molecule has 0 aromatic carbocycles. The largest absolute Gasteiger partial charge is 0.390 e. The van der Waals surface area contributed by atoms with Gasteiger partial charge in [0.1, 0.15) is 0 Å². The molecule has 0 aromatic rings. The second-order valence-electron chi connectivity index (χ2n) is 4.18. The van der Waals surface area contributed by atoms with E-state index in [0.717, 1.165) is 19.3 Å². The fraction of sp³-hybridized carbons (Fsp3) is 0.818. The van der Waals surface area contributed by atoms with Gasteiger partial charge in [-0.2, -0.15) is 0 Å². The van der Waals surface area contributed by atoms with Gasteiger partial charge in [-0.05, 0) is 39.0 Å². The van der Waals surface area contributed by atoms with Crippen LogP contribution in [0.2, 0.25) is 0 Å². The Balaban J connectivity index is 2.37. The zero-order valence-electron chi connectivity index (χ0n) is 8.27. The third kappa shape index (κ3) is 2.98. The number of allylic oxidation sites excluding steroid dienone is 1. The highest BCUT2D eigenvalue weighted by atomic mass is 16.3. The molecule has 0 saturated heterocycles. The van der Waals surface area contributed by atoms with Gasteiger partial charge in [0.05, 0.1) is 5.60 Å². The van der Waals surface area contributed by atoms with Crippen molar-refractivity contribution < 1.29 is 5.11 Å². The highest BCUT2D eigenvalue weighted by Crippen LogP contribution is 2.28. The highest BCUT2D eigenvalue weighted by molar-refractivity contribution is 5.10. The molecule has 1 heteroatoms. The molecule has 0 bridgehead atoms. The Labute approximate surface area is 75.5 Å². The van der Waals surface area contributed by atoms with Gasteiger partial charge in [0, 0.05) is 0 Å². The summed E-state index contributed by atoms with van der Waals surface area (Å²) in [6, 6.07) is 0. The van der Waals surface area contributed by atoms with Crippen molar-refractivity contribution >= 4 is 0 Å². The molecule has 0 amide bonds. The Bertz CT molecular complexity index is 168. The van der Waals surface area contributed by atoms with Crippen molar-refractivity contribution in [3.8, 4) is 0 Å². The van der Waals surface area contributed by atoms with E-state index in [9.17, 15) is 5.11 Å². The first kappa shape index (κ1) is 9.79. The lowest BCUT2D eigenvalue weighted by Gasteiger charge is -2.23. The molecule has 0 aliphatic heterocycles. The first-order valence-electron chi connectivity index (χ1n) is 5.04. The molecule has 0 fully saturated rings. The minimum absolute atomic E-state index is 0.453. The zero-order chi connectivity index (χ0) is 9.03. The third-order valence-electron chi connectivity index (χ3n) is 2.53. The van der Waals surface area contributed by atoms with E-state index in [0.29, 0.717) is 0 Å². The molecule has 0 saturated carbocycles. The maximum absolute atomic E-state index is 9.93. The van der Waals surface area contributed by atoms with Gasteiger partial charge in [-0.25, -0.2) is 0 Å². The molecule has 1 atom stereocenters. The standard InChI is InChI=1S/C11H20O/c1-3-8-11(2,12)9-10-6-4-5-7-10/h6,12H,3-5,7-9H2,1-2H3. The first-order chi connectivity index (χ1) is 5.64. The minimum Gasteiger partial charge on any atom is -0.390 e. The van der Waals surface area contributed by atoms with Crippen molar-refractivity contribution in [3.05, 3.63) is 11.6 Å². The maximum Gasteiger partial charge on any atom is 0.0656 e. The number of hydrogen-bond donors (Lipinski definition) is 1. The lowest BCUT2D eigenvalue weighted by molar-refractivity contribution is 0.0500. The molecular formula is C11H20O. The van der Waals surface area contributed by atoms with Gasteiger partial charge in [-0.3, -0.25) is 0 Å². The van der Waals surface area contributed by atoms with Crippen LogP contribution in [-0.2, 0) is 0 Å².